The first-order valence-electron chi connectivity index (χ1n) is 5.36. The van der Waals surface area contributed by atoms with Gasteiger partial charge in [0.15, 0.2) is 0 Å². The summed E-state index contributed by atoms with van der Waals surface area (Å²) in [6, 6.07) is 7.58. The van der Waals surface area contributed by atoms with E-state index in [0.29, 0.717) is 5.02 Å². The van der Waals surface area contributed by atoms with Crippen molar-refractivity contribution in [2.75, 3.05) is 0 Å². The van der Waals surface area contributed by atoms with Crippen molar-refractivity contribution in [3.63, 3.8) is 0 Å². The average Bonchev–Trinajstić information content (AvgIpc) is 2.26. The molecule has 0 aliphatic rings. The van der Waals surface area contributed by atoms with Crippen molar-refractivity contribution < 1.29 is 4.79 Å². The molecule has 0 saturated carbocycles. The summed E-state index contributed by atoms with van der Waals surface area (Å²) < 4.78 is 0. The van der Waals surface area contributed by atoms with E-state index in [0.717, 1.165) is 12.0 Å². The molecule has 1 N–H and O–H groups in total. The zero-order valence-electron chi connectivity index (χ0n) is 9.53. The number of nitrogens with one attached hydrogen (secondary N) is 1. The number of benzene rings is 1. The third kappa shape index (κ3) is 4.49. The zero-order valence-corrected chi connectivity index (χ0v) is 10.3. The molecule has 0 heterocycles. The van der Waals surface area contributed by atoms with Gasteiger partial charge in [-0.2, -0.15) is 0 Å². The fourth-order valence-electron chi connectivity index (χ4n) is 1.18. The molecular formula is C13H16ClNO. The number of rotatable bonds is 4. The number of amides is 1. The molecule has 1 atom stereocenters. The predicted octanol–water partition coefficient (Wildman–Crippen LogP) is 3.27. The second kappa shape index (κ2) is 6.33. The summed E-state index contributed by atoms with van der Waals surface area (Å²) in [6.45, 7) is 4.01. The molecule has 0 spiro atoms. The Morgan fingerprint density at radius 2 is 2.31 bits per heavy atom. The lowest BCUT2D eigenvalue weighted by molar-refractivity contribution is -0.117. The Kier molecular flexibility index (Phi) is 5.06. The van der Waals surface area contributed by atoms with E-state index < -0.39 is 0 Å². The van der Waals surface area contributed by atoms with Gasteiger partial charge in [-0.25, -0.2) is 0 Å². The van der Waals surface area contributed by atoms with Crippen LogP contribution in [-0.2, 0) is 4.79 Å². The predicted molar refractivity (Wildman–Crippen MR) is 68.4 cm³/mol. The standard InChI is InChI=1S/C13H16ClNO/c1-3-10(2)15-13(16)8-7-11-5-4-6-12(14)9-11/h4-10H,3H2,1-2H3,(H,15,16)/b8-7-/t10-/m1/s1. The topological polar surface area (TPSA) is 29.1 Å². The van der Waals surface area contributed by atoms with E-state index in [1.54, 1.807) is 12.1 Å². The van der Waals surface area contributed by atoms with E-state index in [1.807, 2.05) is 32.0 Å². The number of carbonyl (C=O) groups excluding carboxylic acids is 1. The summed E-state index contributed by atoms with van der Waals surface area (Å²) in [5.74, 6) is -0.0747. The molecule has 0 radical (unpaired) electrons. The van der Waals surface area contributed by atoms with Crippen molar-refractivity contribution in [1.82, 2.24) is 5.32 Å². The van der Waals surface area contributed by atoms with E-state index in [9.17, 15) is 4.79 Å². The highest BCUT2D eigenvalue weighted by Crippen LogP contribution is 2.11. The van der Waals surface area contributed by atoms with Crippen molar-refractivity contribution in [2.45, 2.75) is 26.3 Å². The zero-order chi connectivity index (χ0) is 12.0. The van der Waals surface area contributed by atoms with Crippen molar-refractivity contribution in [1.29, 1.82) is 0 Å². The van der Waals surface area contributed by atoms with Gasteiger partial charge < -0.3 is 5.32 Å². The molecule has 86 valence electrons. The number of hydrogen-bond acceptors (Lipinski definition) is 1. The lowest BCUT2D eigenvalue weighted by atomic mass is 10.2. The smallest absolute Gasteiger partial charge is 0.244 e. The van der Waals surface area contributed by atoms with E-state index in [4.69, 9.17) is 11.6 Å². The van der Waals surface area contributed by atoms with Crippen LogP contribution in [0.1, 0.15) is 25.8 Å². The molecule has 1 aromatic rings. The molecule has 0 aliphatic carbocycles. The molecule has 1 aromatic carbocycles. The van der Waals surface area contributed by atoms with Crippen molar-refractivity contribution in [3.8, 4) is 0 Å². The second-order valence-corrected chi connectivity index (χ2v) is 4.14. The van der Waals surface area contributed by atoms with Gasteiger partial charge in [-0.15, -0.1) is 0 Å². The van der Waals surface area contributed by atoms with Gasteiger partial charge in [-0.3, -0.25) is 4.79 Å². The average molecular weight is 238 g/mol. The van der Waals surface area contributed by atoms with Crippen LogP contribution in [0.4, 0.5) is 0 Å². The summed E-state index contributed by atoms with van der Waals surface area (Å²) in [6.07, 6.45) is 4.21. The summed E-state index contributed by atoms with van der Waals surface area (Å²) in [7, 11) is 0. The molecule has 0 unspecified atom stereocenters. The van der Waals surface area contributed by atoms with Crippen molar-refractivity contribution >= 4 is 23.6 Å². The Balaban J connectivity index is 2.56. The Bertz CT molecular complexity index is 387. The van der Waals surface area contributed by atoms with Gasteiger partial charge in [-0.1, -0.05) is 30.7 Å². The van der Waals surface area contributed by atoms with E-state index in [1.165, 1.54) is 6.08 Å². The summed E-state index contributed by atoms with van der Waals surface area (Å²) >= 11 is 5.83. The summed E-state index contributed by atoms with van der Waals surface area (Å²) in [5, 5.41) is 3.53. The van der Waals surface area contributed by atoms with Crippen LogP contribution in [0.5, 0.6) is 0 Å². The second-order valence-electron chi connectivity index (χ2n) is 3.71. The molecule has 1 amide bonds. The van der Waals surface area contributed by atoms with Gasteiger partial charge in [0.25, 0.3) is 0 Å². The Morgan fingerprint density at radius 1 is 1.56 bits per heavy atom. The molecule has 0 bridgehead atoms. The highest BCUT2D eigenvalue weighted by atomic mass is 35.5. The van der Waals surface area contributed by atoms with Crippen molar-refractivity contribution in [3.05, 3.63) is 40.9 Å². The van der Waals surface area contributed by atoms with Crippen LogP contribution in [0, 0.1) is 0 Å². The molecular weight excluding hydrogens is 222 g/mol. The van der Waals surface area contributed by atoms with Gasteiger partial charge in [0, 0.05) is 17.1 Å². The molecule has 0 fully saturated rings. The molecule has 2 nitrogen and oxygen atoms in total. The highest BCUT2D eigenvalue weighted by molar-refractivity contribution is 6.30. The Morgan fingerprint density at radius 3 is 2.94 bits per heavy atom. The quantitative estimate of drug-likeness (QED) is 0.801. The highest BCUT2D eigenvalue weighted by Gasteiger charge is 2.00. The minimum Gasteiger partial charge on any atom is -0.350 e. The summed E-state index contributed by atoms with van der Waals surface area (Å²) in [5.41, 5.74) is 0.923. The third-order valence-corrected chi connectivity index (χ3v) is 2.51. The first-order valence-corrected chi connectivity index (χ1v) is 5.73. The molecule has 1 rings (SSSR count). The maximum atomic E-state index is 11.4. The number of carbonyl (C=O) groups is 1. The lowest BCUT2D eigenvalue weighted by Crippen LogP contribution is -2.30. The SMILES string of the molecule is CC[C@@H](C)NC(=O)/C=C\c1cccc(Cl)c1. The maximum Gasteiger partial charge on any atom is 0.244 e. The largest absolute Gasteiger partial charge is 0.350 e. The van der Waals surface area contributed by atoms with Crippen LogP contribution in [0.25, 0.3) is 6.08 Å². The molecule has 16 heavy (non-hydrogen) atoms. The van der Waals surface area contributed by atoms with E-state index in [2.05, 4.69) is 5.32 Å². The van der Waals surface area contributed by atoms with Crippen molar-refractivity contribution in [2.24, 2.45) is 0 Å². The van der Waals surface area contributed by atoms with E-state index >= 15 is 0 Å². The van der Waals surface area contributed by atoms with Gasteiger partial charge in [0.2, 0.25) is 5.91 Å². The number of hydrogen-bond donors (Lipinski definition) is 1. The lowest BCUT2D eigenvalue weighted by Gasteiger charge is -2.08. The van der Waals surface area contributed by atoms with Crippen LogP contribution in [0.2, 0.25) is 5.02 Å². The van der Waals surface area contributed by atoms with Crippen LogP contribution in [0.15, 0.2) is 30.3 Å². The number of halogens is 1. The molecule has 0 aromatic heterocycles. The Labute approximate surface area is 101 Å². The normalized spacial score (nSPS) is 12.7. The van der Waals surface area contributed by atoms with E-state index in [-0.39, 0.29) is 11.9 Å². The van der Waals surface area contributed by atoms with Gasteiger partial charge >= 0.3 is 0 Å². The minimum absolute atomic E-state index is 0.0747. The molecule has 0 saturated heterocycles. The van der Waals surface area contributed by atoms with Gasteiger partial charge in [0.05, 0.1) is 0 Å². The van der Waals surface area contributed by atoms with Gasteiger partial charge in [0.1, 0.15) is 0 Å². The summed E-state index contributed by atoms with van der Waals surface area (Å²) in [4.78, 5) is 11.4. The molecule has 3 heteroatoms. The van der Waals surface area contributed by atoms with Crippen LogP contribution >= 0.6 is 11.6 Å². The Hall–Kier alpha value is -1.28. The molecule has 0 aliphatic heterocycles. The van der Waals surface area contributed by atoms with Crippen LogP contribution in [0.3, 0.4) is 0 Å². The first-order chi connectivity index (χ1) is 7.61. The monoisotopic (exact) mass is 237 g/mol. The van der Waals surface area contributed by atoms with Crippen LogP contribution in [-0.4, -0.2) is 11.9 Å². The van der Waals surface area contributed by atoms with Gasteiger partial charge in [-0.05, 0) is 37.1 Å². The fraction of sp³-hybridized carbons (Fsp3) is 0.308. The maximum absolute atomic E-state index is 11.4. The third-order valence-electron chi connectivity index (χ3n) is 2.28. The minimum atomic E-state index is -0.0747. The fourth-order valence-corrected chi connectivity index (χ4v) is 1.37. The first kappa shape index (κ1) is 12.8. The van der Waals surface area contributed by atoms with Crippen LogP contribution < -0.4 is 5.32 Å².